The van der Waals surface area contributed by atoms with E-state index in [0.29, 0.717) is 19.3 Å². The second-order valence-corrected chi connectivity index (χ2v) is 19.2. The third-order valence-electron chi connectivity index (χ3n) is 12.7. The minimum absolute atomic E-state index is 0.0741. The summed E-state index contributed by atoms with van der Waals surface area (Å²) < 4.78 is 16.8. The van der Waals surface area contributed by atoms with Crippen LogP contribution in [-0.2, 0) is 28.6 Å². The fourth-order valence-corrected chi connectivity index (χ4v) is 8.37. The Morgan fingerprint density at radius 3 is 0.797 bits per heavy atom. The molecule has 1 atom stereocenters. The zero-order valence-electron chi connectivity index (χ0n) is 43.1. The monoisotopic (exact) mass is 901 g/mol. The number of hydrogen-bond donors (Lipinski definition) is 0. The Balaban J connectivity index is 4.34. The van der Waals surface area contributed by atoms with Crippen molar-refractivity contribution in [3.05, 3.63) is 24.3 Å². The van der Waals surface area contributed by atoms with Crippen LogP contribution in [0, 0.1) is 0 Å². The molecule has 0 saturated carbocycles. The molecule has 0 aromatic rings. The van der Waals surface area contributed by atoms with E-state index in [9.17, 15) is 14.4 Å². The van der Waals surface area contributed by atoms with Crippen molar-refractivity contribution in [3.8, 4) is 0 Å². The zero-order chi connectivity index (χ0) is 46.5. The second kappa shape index (κ2) is 53.5. The standard InChI is InChI=1S/C58H108O6/c1-4-7-10-13-16-19-22-25-27-29-31-33-36-39-42-45-48-51-57(60)63-54-55(53-62-56(59)50-47-44-41-38-35-32-24-21-18-15-12-9-6-3)64-58(61)52-49-46-43-40-37-34-30-28-26-23-20-17-14-11-8-5-2/h25,27,32,35,55H,4-24,26,28-31,33-34,36-54H2,1-3H3/b27-25-,35-32-. The Kier molecular flexibility index (Phi) is 51.7. The van der Waals surface area contributed by atoms with Crippen molar-refractivity contribution < 1.29 is 28.6 Å². The molecule has 0 aliphatic carbocycles. The van der Waals surface area contributed by atoms with Crippen LogP contribution in [0.2, 0.25) is 0 Å². The van der Waals surface area contributed by atoms with Crippen LogP contribution < -0.4 is 0 Å². The first-order chi connectivity index (χ1) is 31.5. The maximum atomic E-state index is 12.8. The molecule has 0 aromatic heterocycles. The number of rotatable bonds is 52. The number of carbonyl (C=O) groups is 3. The lowest BCUT2D eigenvalue weighted by Crippen LogP contribution is -2.30. The molecule has 0 heterocycles. The van der Waals surface area contributed by atoms with Crippen LogP contribution in [0.3, 0.4) is 0 Å². The predicted octanol–water partition coefficient (Wildman–Crippen LogP) is 18.7. The summed E-state index contributed by atoms with van der Waals surface area (Å²) in [4.78, 5) is 38.1. The Labute approximate surface area is 398 Å². The number of ether oxygens (including phenoxy) is 3. The predicted molar refractivity (Wildman–Crippen MR) is 275 cm³/mol. The molecule has 0 spiro atoms. The van der Waals surface area contributed by atoms with E-state index < -0.39 is 6.10 Å². The summed E-state index contributed by atoms with van der Waals surface area (Å²) in [5.41, 5.74) is 0. The first kappa shape index (κ1) is 61.9. The summed E-state index contributed by atoms with van der Waals surface area (Å²) in [6.45, 7) is 6.65. The highest BCUT2D eigenvalue weighted by atomic mass is 16.6. The highest BCUT2D eigenvalue weighted by molar-refractivity contribution is 5.71. The van der Waals surface area contributed by atoms with Crippen molar-refractivity contribution in [1.82, 2.24) is 0 Å². The van der Waals surface area contributed by atoms with Crippen molar-refractivity contribution in [2.75, 3.05) is 13.2 Å². The Morgan fingerprint density at radius 2 is 0.516 bits per heavy atom. The number of esters is 3. The highest BCUT2D eigenvalue weighted by Gasteiger charge is 2.19. The SMILES string of the molecule is CCCCCCCC/C=C\CCCCCCCCCC(=O)OCC(COC(=O)CCCCC/C=C\CCCCCCCC)OC(=O)CCCCCCCCCCCCCCCCCC. The molecule has 0 N–H and O–H groups in total. The molecule has 64 heavy (non-hydrogen) atoms. The van der Waals surface area contributed by atoms with Crippen LogP contribution in [-0.4, -0.2) is 37.2 Å². The third kappa shape index (κ3) is 50.9. The largest absolute Gasteiger partial charge is 0.462 e. The molecular formula is C58H108O6. The molecule has 1 unspecified atom stereocenters. The topological polar surface area (TPSA) is 78.9 Å². The van der Waals surface area contributed by atoms with Crippen LogP contribution in [0.4, 0.5) is 0 Å². The third-order valence-corrected chi connectivity index (χ3v) is 12.7. The molecule has 6 heteroatoms. The lowest BCUT2D eigenvalue weighted by Gasteiger charge is -2.18. The highest BCUT2D eigenvalue weighted by Crippen LogP contribution is 2.16. The van der Waals surface area contributed by atoms with Gasteiger partial charge in [0.25, 0.3) is 0 Å². The summed E-state index contributed by atoms with van der Waals surface area (Å²) in [6.07, 6.45) is 61.6. The van der Waals surface area contributed by atoms with Crippen LogP contribution in [0.25, 0.3) is 0 Å². The Morgan fingerprint density at radius 1 is 0.297 bits per heavy atom. The van der Waals surface area contributed by atoms with Gasteiger partial charge in [-0.3, -0.25) is 14.4 Å². The van der Waals surface area contributed by atoms with Crippen molar-refractivity contribution in [3.63, 3.8) is 0 Å². The van der Waals surface area contributed by atoms with Crippen molar-refractivity contribution in [1.29, 1.82) is 0 Å². The molecule has 0 fully saturated rings. The minimum atomic E-state index is -0.774. The van der Waals surface area contributed by atoms with Crippen LogP contribution in [0.1, 0.15) is 310 Å². The van der Waals surface area contributed by atoms with Gasteiger partial charge in [0.1, 0.15) is 13.2 Å². The molecule has 0 aliphatic heterocycles. The van der Waals surface area contributed by atoms with Gasteiger partial charge in [-0.25, -0.2) is 0 Å². The summed E-state index contributed by atoms with van der Waals surface area (Å²) in [5.74, 6) is -0.876. The molecule has 376 valence electrons. The van der Waals surface area contributed by atoms with E-state index in [4.69, 9.17) is 14.2 Å². The Hall–Kier alpha value is -2.11. The Bertz CT molecular complexity index is 1040. The summed E-state index contributed by atoms with van der Waals surface area (Å²) in [6, 6.07) is 0. The number of hydrogen-bond acceptors (Lipinski definition) is 6. The van der Waals surface area contributed by atoms with E-state index in [-0.39, 0.29) is 31.1 Å². The average Bonchev–Trinajstić information content (AvgIpc) is 3.29. The molecule has 0 aromatic carbocycles. The smallest absolute Gasteiger partial charge is 0.306 e. The molecule has 0 saturated heterocycles. The molecule has 0 amide bonds. The normalized spacial score (nSPS) is 12.1. The molecule has 6 nitrogen and oxygen atoms in total. The number of unbranched alkanes of at least 4 members (excludes halogenated alkanes) is 37. The van der Waals surface area contributed by atoms with E-state index in [1.54, 1.807) is 0 Å². The van der Waals surface area contributed by atoms with E-state index in [1.165, 1.54) is 199 Å². The fourth-order valence-electron chi connectivity index (χ4n) is 8.37. The van der Waals surface area contributed by atoms with Gasteiger partial charge < -0.3 is 14.2 Å². The van der Waals surface area contributed by atoms with Gasteiger partial charge in [-0.05, 0) is 70.6 Å². The summed E-state index contributed by atoms with van der Waals surface area (Å²) in [7, 11) is 0. The van der Waals surface area contributed by atoms with Crippen LogP contribution in [0.15, 0.2) is 24.3 Å². The van der Waals surface area contributed by atoms with Gasteiger partial charge in [-0.15, -0.1) is 0 Å². The zero-order valence-corrected chi connectivity index (χ0v) is 43.1. The second-order valence-electron chi connectivity index (χ2n) is 19.2. The van der Waals surface area contributed by atoms with Gasteiger partial charge in [0, 0.05) is 19.3 Å². The summed E-state index contributed by atoms with van der Waals surface area (Å²) >= 11 is 0. The van der Waals surface area contributed by atoms with Gasteiger partial charge in [0.05, 0.1) is 0 Å². The van der Waals surface area contributed by atoms with E-state index in [1.807, 2.05) is 0 Å². The first-order valence-corrected chi connectivity index (χ1v) is 28.3. The van der Waals surface area contributed by atoms with Crippen molar-refractivity contribution in [2.45, 2.75) is 316 Å². The molecular weight excluding hydrogens is 793 g/mol. The molecule has 0 rings (SSSR count). The summed E-state index contributed by atoms with van der Waals surface area (Å²) in [5, 5.41) is 0. The van der Waals surface area contributed by atoms with E-state index >= 15 is 0 Å². The lowest BCUT2D eigenvalue weighted by molar-refractivity contribution is -0.167. The van der Waals surface area contributed by atoms with Gasteiger partial charge in [-0.1, -0.05) is 244 Å². The van der Waals surface area contributed by atoms with Crippen LogP contribution in [0.5, 0.6) is 0 Å². The average molecular weight is 901 g/mol. The quantitative estimate of drug-likeness (QED) is 0.0262. The number of carbonyl (C=O) groups excluding carboxylic acids is 3. The minimum Gasteiger partial charge on any atom is -0.462 e. The first-order valence-electron chi connectivity index (χ1n) is 28.3. The maximum absolute atomic E-state index is 12.8. The maximum Gasteiger partial charge on any atom is 0.306 e. The van der Waals surface area contributed by atoms with Gasteiger partial charge in [0.15, 0.2) is 6.10 Å². The molecule has 0 bridgehead atoms. The van der Waals surface area contributed by atoms with Crippen molar-refractivity contribution in [2.24, 2.45) is 0 Å². The number of allylic oxidation sites excluding steroid dienone is 4. The fraction of sp³-hybridized carbons (Fsp3) is 0.879. The lowest BCUT2D eigenvalue weighted by atomic mass is 10.0. The molecule has 0 radical (unpaired) electrons. The molecule has 0 aliphatic rings. The van der Waals surface area contributed by atoms with Gasteiger partial charge in [-0.2, -0.15) is 0 Å². The van der Waals surface area contributed by atoms with Crippen molar-refractivity contribution >= 4 is 17.9 Å². The van der Waals surface area contributed by atoms with E-state index in [2.05, 4.69) is 45.1 Å². The van der Waals surface area contributed by atoms with Crippen LogP contribution >= 0.6 is 0 Å². The van der Waals surface area contributed by atoms with Gasteiger partial charge in [0.2, 0.25) is 0 Å². The van der Waals surface area contributed by atoms with E-state index in [0.717, 1.165) is 70.6 Å². The van der Waals surface area contributed by atoms with Gasteiger partial charge >= 0.3 is 17.9 Å².